The second kappa shape index (κ2) is 19.2. The van der Waals surface area contributed by atoms with Gasteiger partial charge in [-0.15, -0.1) is 6.58 Å². The molecule has 14 heteroatoms. The highest BCUT2D eigenvalue weighted by Gasteiger charge is 2.65. The topological polar surface area (TPSA) is 89.5 Å². The SMILES string of the molecule is C=C[C@H]1OC(C)(C)O[C@@H]1CCCCCCCCCC[C@H](COC(=O)[C@@](OC)(c1ccccc1)C(F)(F)F)OC(=O)[C@@](OC)(c1ccccc1)C(F)(F)F. The summed E-state index contributed by atoms with van der Waals surface area (Å²) in [6.45, 7) is 6.59. The summed E-state index contributed by atoms with van der Waals surface area (Å²) in [4.78, 5) is 26.6. The van der Waals surface area contributed by atoms with E-state index >= 15 is 0 Å². The monoisotopic (exact) mass is 760 g/mol. The summed E-state index contributed by atoms with van der Waals surface area (Å²) < 4.78 is 119. The highest BCUT2D eigenvalue weighted by Crippen LogP contribution is 2.45. The molecule has 0 bridgehead atoms. The van der Waals surface area contributed by atoms with Gasteiger partial charge in [0.05, 0.1) is 6.10 Å². The molecule has 8 nitrogen and oxygen atoms in total. The van der Waals surface area contributed by atoms with Crippen molar-refractivity contribution in [3.8, 4) is 0 Å². The molecule has 2 aromatic rings. The van der Waals surface area contributed by atoms with E-state index in [0.29, 0.717) is 27.1 Å². The van der Waals surface area contributed by atoms with E-state index in [0.717, 1.165) is 69.2 Å². The number of unbranched alkanes of at least 4 members (excludes halogenated alkanes) is 7. The number of alkyl halides is 6. The standard InChI is InChI=1S/C39H50F6O8/c1-6-31-32(53-35(2,3)52-31)26-20-12-10-8-7-9-11-19-25-30(51-34(47)37(49-5,39(43,44)45)29-23-17-14-18-24-29)27-50-33(46)36(48-4,38(40,41)42)28-21-15-13-16-22-28/h6,13-18,21-24,30-32H,1,7-12,19-20,25-27H2,2-5H3/t30-,31-,32-,36+,37+/m1/s1. The molecule has 296 valence electrons. The maximum absolute atomic E-state index is 14.6. The number of ether oxygens (including phenoxy) is 6. The smallest absolute Gasteiger partial charge is 0.432 e. The molecule has 5 atom stereocenters. The van der Waals surface area contributed by atoms with Gasteiger partial charge >= 0.3 is 24.3 Å². The number of rotatable bonds is 21. The van der Waals surface area contributed by atoms with Crippen molar-refractivity contribution in [1.82, 2.24) is 0 Å². The Bertz CT molecular complexity index is 1430. The minimum Gasteiger partial charge on any atom is -0.459 e. The highest BCUT2D eigenvalue weighted by atomic mass is 19.4. The van der Waals surface area contributed by atoms with Crippen molar-refractivity contribution in [1.29, 1.82) is 0 Å². The third-order valence-electron chi connectivity index (χ3n) is 9.24. The van der Waals surface area contributed by atoms with Crippen LogP contribution in [0.15, 0.2) is 73.3 Å². The van der Waals surface area contributed by atoms with E-state index in [-0.39, 0.29) is 18.6 Å². The molecular formula is C39H50F6O8. The lowest BCUT2D eigenvalue weighted by atomic mass is 9.92. The predicted molar refractivity (Wildman–Crippen MR) is 183 cm³/mol. The van der Waals surface area contributed by atoms with Gasteiger partial charge in [-0.2, -0.15) is 26.3 Å². The molecule has 1 aliphatic rings. The van der Waals surface area contributed by atoms with Crippen LogP contribution >= 0.6 is 0 Å². The molecule has 0 radical (unpaired) electrons. The molecule has 0 saturated carbocycles. The predicted octanol–water partition coefficient (Wildman–Crippen LogP) is 9.26. The minimum atomic E-state index is -5.29. The van der Waals surface area contributed by atoms with Crippen LogP contribution in [-0.2, 0) is 49.2 Å². The molecule has 1 saturated heterocycles. The quantitative estimate of drug-likeness (QED) is 0.0539. The molecule has 3 rings (SSSR count). The fraction of sp³-hybridized carbons (Fsp3) is 0.590. The molecule has 0 unspecified atom stereocenters. The molecule has 2 aromatic carbocycles. The molecule has 1 aliphatic heterocycles. The third kappa shape index (κ3) is 10.8. The maximum atomic E-state index is 14.6. The van der Waals surface area contributed by atoms with E-state index in [1.165, 1.54) is 36.4 Å². The van der Waals surface area contributed by atoms with E-state index in [2.05, 4.69) is 6.58 Å². The van der Waals surface area contributed by atoms with Crippen LogP contribution in [0.4, 0.5) is 26.3 Å². The first kappa shape index (κ1) is 43.9. The lowest BCUT2D eigenvalue weighted by Gasteiger charge is -2.34. The second-order valence-electron chi connectivity index (χ2n) is 13.4. The van der Waals surface area contributed by atoms with Crippen molar-refractivity contribution in [3.05, 3.63) is 84.4 Å². The van der Waals surface area contributed by atoms with E-state index in [9.17, 15) is 35.9 Å². The summed E-state index contributed by atoms with van der Waals surface area (Å²) in [6, 6.07) is 12.1. The Hall–Kier alpha value is -3.46. The van der Waals surface area contributed by atoms with Crippen LogP contribution in [0.25, 0.3) is 0 Å². The van der Waals surface area contributed by atoms with Crippen molar-refractivity contribution < 1.29 is 64.4 Å². The normalized spacial score (nSPS) is 20.2. The molecule has 1 fully saturated rings. The van der Waals surface area contributed by atoms with E-state index in [4.69, 9.17) is 28.4 Å². The number of halogens is 6. The van der Waals surface area contributed by atoms with Gasteiger partial charge in [-0.3, -0.25) is 0 Å². The van der Waals surface area contributed by atoms with Crippen LogP contribution in [0.1, 0.15) is 89.2 Å². The number of esters is 2. The minimum absolute atomic E-state index is 0.0422. The number of hydrogen-bond acceptors (Lipinski definition) is 8. The first-order valence-electron chi connectivity index (χ1n) is 17.7. The molecule has 0 N–H and O–H groups in total. The number of hydrogen-bond donors (Lipinski definition) is 0. The number of carbonyl (C=O) groups is 2. The maximum Gasteiger partial charge on any atom is 0.432 e. The zero-order valence-corrected chi connectivity index (χ0v) is 30.6. The van der Waals surface area contributed by atoms with Crippen molar-refractivity contribution in [2.24, 2.45) is 0 Å². The molecule has 0 amide bonds. The highest BCUT2D eigenvalue weighted by molar-refractivity contribution is 5.84. The summed E-state index contributed by atoms with van der Waals surface area (Å²) in [5.41, 5.74) is -8.23. The van der Waals surface area contributed by atoms with Gasteiger partial charge in [0.1, 0.15) is 18.8 Å². The van der Waals surface area contributed by atoms with Gasteiger partial charge in [-0.1, -0.05) is 112 Å². The zero-order chi connectivity index (χ0) is 39.3. The Morgan fingerprint density at radius 1 is 0.736 bits per heavy atom. The van der Waals surface area contributed by atoms with E-state index < -0.39 is 65.1 Å². The second-order valence-corrected chi connectivity index (χ2v) is 13.4. The first-order valence-corrected chi connectivity index (χ1v) is 17.7. The van der Waals surface area contributed by atoms with Crippen LogP contribution in [0.5, 0.6) is 0 Å². The van der Waals surface area contributed by atoms with Crippen LogP contribution in [-0.4, -0.2) is 69.2 Å². The largest absolute Gasteiger partial charge is 0.459 e. The lowest BCUT2D eigenvalue weighted by molar-refractivity contribution is -0.282. The summed E-state index contributed by atoms with van der Waals surface area (Å²) in [6.07, 6.45) is -3.48. The fourth-order valence-electron chi connectivity index (χ4n) is 6.52. The molecule has 53 heavy (non-hydrogen) atoms. The number of benzene rings is 2. The summed E-state index contributed by atoms with van der Waals surface area (Å²) in [5, 5.41) is 0. The van der Waals surface area contributed by atoms with Gasteiger partial charge in [0.25, 0.3) is 11.2 Å². The lowest BCUT2D eigenvalue weighted by Crippen LogP contribution is -2.53. The summed E-state index contributed by atoms with van der Waals surface area (Å²) >= 11 is 0. The molecule has 0 aliphatic carbocycles. The van der Waals surface area contributed by atoms with Crippen molar-refractivity contribution in [2.45, 2.75) is 126 Å². The van der Waals surface area contributed by atoms with Gasteiger partial charge in [0, 0.05) is 25.3 Å². The molecule has 1 heterocycles. The number of carbonyl (C=O) groups excluding carboxylic acids is 2. The van der Waals surface area contributed by atoms with Crippen LogP contribution in [0, 0.1) is 0 Å². The van der Waals surface area contributed by atoms with Crippen LogP contribution < -0.4 is 0 Å². The summed E-state index contributed by atoms with van der Waals surface area (Å²) in [5.74, 6) is -4.36. The van der Waals surface area contributed by atoms with Crippen LogP contribution in [0.3, 0.4) is 0 Å². The van der Waals surface area contributed by atoms with E-state index in [1.807, 2.05) is 13.8 Å². The van der Waals surface area contributed by atoms with Gasteiger partial charge < -0.3 is 28.4 Å². The first-order chi connectivity index (χ1) is 25.0. The fourth-order valence-corrected chi connectivity index (χ4v) is 6.52. The third-order valence-corrected chi connectivity index (χ3v) is 9.24. The van der Waals surface area contributed by atoms with Gasteiger partial charge in [0.2, 0.25) is 0 Å². The van der Waals surface area contributed by atoms with Crippen LogP contribution in [0.2, 0.25) is 0 Å². The summed E-state index contributed by atoms with van der Waals surface area (Å²) in [7, 11) is 1.38. The van der Waals surface area contributed by atoms with Gasteiger partial charge in [0.15, 0.2) is 5.79 Å². The van der Waals surface area contributed by atoms with Crippen molar-refractivity contribution in [3.63, 3.8) is 0 Å². The Labute approximate surface area is 307 Å². The average molecular weight is 761 g/mol. The Morgan fingerprint density at radius 3 is 1.64 bits per heavy atom. The molecule has 0 spiro atoms. The Morgan fingerprint density at radius 2 is 1.19 bits per heavy atom. The van der Waals surface area contributed by atoms with Gasteiger partial charge in [-0.05, 0) is 33.1 Å². The molecule has 0 aromatic heterocycles. The number of methoxy groups -OCH3 is 2. The van der Waals surface area contributed by atoms with Gasteiger partial charge in [-0.25, -0.2) is 9.59 Å². The average Bonchev–Trinajstić information content (AvgIpc) is 3.41. The van der Waals surface area contributed by atoms with E-state index in [1.54, 1.807) is 6.08 Å². The van der Waals surface area contributed by atoms with Crippen molar-refractivity contribution >= 4 is 11.9 Å². The zero-order valence-electron chi connectivity index (χ0n) is 30.6. The Balaban J connectivity index is 1.65. The molecular weight excluding hydrogens is 710 g/mol. The van der Waals surface area contributed by atoms with Crippen molar-refractivity contribution in [2.75, 3.05) is 20.8 Å². The Kier molecular flexibility index (Phi) is 15.9.